The second kappa shape index (κ2) is 4.78. The molecule has 0 unspecified atom stereocenters. The van der Waals surface area contributed by atoms with Gasteiger partial charge < -0.3 is 10.3 Å². The van der Waals surface area contributed by atoms with Crippen LogP contribution in [0.3, 0.4) is 0 Å². The number of rotatable bonds is 3. The third kappa shape index (κ3) is 2.50. The summed E-state index contributed by atoms with van der Waals surface area (Å²) in [6.07, 6.45) is 2.84. The SMILES string of the molecule is Cc1nc(C(=O)CC2CCNCC2)[nH]c1C. The minimum atomic E-state index is 0.156. The molecule has 2 N–H and O–H groups in total. The average Bonchev–Trinajstić information content (AvgIpc) is 2.61. The molecule has 1 aliphatic rings. The van der Waals surface area contributed by atoms with Gasteiger partial charge in [0.1, 0.15) is 0 Å². The highest BCUT2D eigenvalue weighted by Gasteiger charge is 2.19. The Bertz CT molecular complexity index is 358. The Morgan fingerprint density at radius 1 is 1.38 bits per heavy atom. The monoisotopic (exact) mass is 221 g/mol. The van der Waals surface area contributed by atoms with Crippen molar-refractivity contribution in [2.24, 2.45) is 5.92 Å². The fraction of sp³-hybridized carbons (Fsp3) is 0.667. The van der Waals surface area contributed by atoms with E-state index in [4.69, 9.17) is 0 Å². The molecule has 1 aromatic rings. The van der Waals surface area contributed by atoms with Gasteiger partial charge in [0.2, 0.25) is 0 Å². The highest BCUT2D eigenvalue weighted by atomic mass is 16.1. The number of aromatic nitrogens is 2. The Hall–Kier alpha value is -1.16. The maximum absolute atomic E-state index is 12.0. The molecule has 88 valence electrons. The molecule has 4 heteroatoms. The van der Waals surface area contributed by atoms with Gasteiger partial charge in [0.25, 0.3) is 0 Å². The Labute approximate surface area is 95.9 Å². The minimum absolute atomic E-state index is 0.156. The number of hydrogen-bond acceptors (Lipinski definition) is 3. The Kier molecular flexibility index (Phi) is 3.39. The van der Waals surface area contributed by atoms with Gasteiger partial charge in [-0.25, -0.2) is 4.98 Å². The van der Waals surface area contributed by atoms with Crippen molar-refractivity contribution in [3.8, 4) is 0 Å². The van der Waals surface area contributed by atoms with Crippen molar-refractivity contribution < 1.29 is 4.79 Å². The number of nitrogens with one attached hydrogen (secondary N) is 2. The lowest BCUT2D eigenvalue weighted by Gasteiger charge is -2.21. The number of carbonyl (C=O) groups is 1. The fourth-order valence-electron chi connectivity index (χ4n) is 2.12. The average molecular weight is 221 g/mol. The number of nitrogens with zero attached hydrogens (tertiary/aromatic N) is 1. The second-order valence-electron chi connectivity index (χ2n) is 4.62. The molecular weight excluding hydrogens is 202 g/mol. The first-order valence-electron chi connectivity index (χ1n) is 5.94. The fourth-order valence-corrected chi connectivity index (χ4v) is 2.12. The molecule has 0 aromatic carbocycles. The van der Waals surface area contributed by atoms with E-state index >= 15 is 0 Å². The van der Waals surface area contributed by atoms with Crippen LogP contribution < -0.4 is 5.32 Å². The van der Waals surface area contributed by atoms with Gasteiger partial charge >= 0.3 is 0 Å². The van der Waals surface area contributed by atoms with Gasteiger partial charge in [0.15, 0.2) is 11.6 Å². The summed E-state index contributed by atoms with van der Waals surface area (Å²) in [6.45, 7) is 5.94. The normalized spacial score (nSPS) is 17.6. The van der Waals surface area contributed by atoms with Crippen LogP contribution >= 0.6 is 0 Å². The minimum Gasteiger partial charge on any atom is -0.339 e. The van der Waals surface area contributed by atoms with E-state index in [0.29, 0.717) is 18.2 Å². The zero-order valence-electron chi connectivity index (χ0n) is 9.97. The number of H-pyrrole nitrogens is 1. The van der Waals surface area contributed by atoms with Crippen molar-refractivity contribution in [3.63, 3.8) is 0 Å². The molecule has 1 aromatic heterocycles. The van der Waals surface area contributed by atoms with Crippen molar-refractivity contribution in [1.29, 1.82) is 0 Å². The van der Waals surface area contributed by atoms with Gasteiger partial charge in [0, 0.05) is 12.1 Å². The Morgan fingerprint density at radius 3 is 2.62 bits per heavy atom. The smallest absolute Gasteiger partial charge is 0.198 e. The molecule has 0 radical (unpaired) electrons. The predicted molar refractivity (Wildman–Crippen MR) is 62.6 cm³/mol. The number of hydrogen-bond donors (Lipinski definition) is 2. The summed E-state index contributed by atoms with van der Waals surface area (Å²) >= 11 is 0. The Morgan fingerprint density at radius 2 is 2.06 bits per heavy atom. The second-order valence-corrected chi connectivity index (χ2v) is 4.62. The van der Waals surface area contributed by atoms with Gasteiger partial charge in [0.05, 0.1) is 5.69 Å². The summed E-state index contributed by atoms with van der Waals surface area (Å²) in [5.74, 6) is 1.22. The van der Waals surface area contributed by atoms with Crippen LogP contribution in [0.4, 0.5) is 0 Å². The molecule has 0 spiro atoms. The van der Waals surface area contributed by atoms with Crippen molar-refractivity contribution in [2.75, 3.05) is 13.1 Å². The zero-order valence-corrected chi connectivity index (χ0v) is 9.97. The van der Waals surface area contributed by atoms with E-state index in [9.17, 15) is 4.79 Å². The predicted octanol–water partition coefficient (Wildman–Crippen LogP) is 1.60. The summed E-state index contributed by atoms with van der Waals surface area (Å²) in [6, 6.07) is 0. The van der Waals surface area contributed by atoms with Crippen molar-refractivity contribution in [1.82, 2.24) is 15.3 Å². The quantitative estimate of drug-likeness (QED) is 0.762. The molecule has 16 heavy (non-hydrogen) atoms. The first-order valence-corrected chi connectivity index (χ1v) is 5.94. The Balaban J connectivity index is 1.96. The molecule has 0 bridgehead atoms. The number of imidazole rings is 1. The maximum atomic E-state index is 12.0. The first-order chi connectivity index (χ1) is 7.66. The molecule has 0 saturated carbocycles. The number of piperidine rings is 1. The van der Waals surface area contributed by atoms with E-state index in [1.165, 1.54) is 0 Å². The van der Waals surface area contributed by atoms with Crippen molar-refractivity contribution in [3.05, 3.63) is 17.2 Å². The van der Waals surface area contributed by atoms with Crippen LogP contribution in [0, 0.1) is 19.8 Å². The number of aromatic amines is 1. The lowest BCUT2D eigenvalue weighted by Crippen LogP contribution is -2.29. The summed E-state index contributed by atoms with van der Waals surface area (Å²) in [5.41, 5.74) is 1.92. The standard InChI is InChI=1S/C12H19N3O/c1-8-9(2)15-12(14-8)11(16)7-10-3-5-13-6-4-10/h10,13H,3-7H2,1-2H3,(H,14,15). The molecule has 2 heterocycles. The molecular formula is C12H19N3O. The topological polar surface area (TPSA) is 57.8 Å². The van der Waals surface area contributed by atoms with Gasteiger partial charge in [-0.15, -0.1) is 0 Å². The van der Waals surface area contributed by atoms with Crippen molar-refractivity contribution >= 4 is 5.78 Å². The molecule has 4 nitrogen and oxygen atoms in total. The largest absolute Gasteiger partial charge is 0.339 e. The number of ketones is 1. The van der Waals surface area contributed by atoms with Crippen LogP contribution in [0.5, 0.6) is 0 Å². The molecule has 1 fully saturated rings. The lowest BCUT2D eigenvalue weighted by molar-refractivity contribution is 0.0943. The van der Waals surface area contributed by atoms with Gasteiger partial charge in [-0.3, -0.25) is 4.79 Å². The van der Waals surface area contributed by atoms with Crippen LogP contribution in [0.2, 0.25) is 0 Å². The lowest BCUT2D eigenvalue weighted by atomic mass is 9.92. The van der Waals surface area contributed by atoms with Crippen LogP contribution in [-0.2, 0) is 0 Å². The third-order valence-electron chi connectivity index (χ3n) is 3.33. The summed E-state index contributed by atoms with van der Waals surface area (Å²) in [7, 11) is 0. The van der Waals surface area contributed by atoms with Crippen molar-refractivity contribution in [2.45, 2.75) is 33.1 Å². The van der Waals surface area contributed by atoms with E-state index in [2.05, 4.69) is 15.3 Å². The summed E-state index contributed by atoms with van der Waals surface area (Å²) in [4.78, 5) is 19.3. The van der Waals surface area contributed by atoms with Crippen LogP contribution in [-0.4, -0.2) is 28.8 Å². The van der Waals surface area contributed by atoms with Crippen LogP contribution in [0.15, 0.2) is 0 Å². The highest BCUT2D eigenvalue weighted by Crippen LogP contribution is 2.18. The van der Waals surface area contributed by atoms with E-state index in [1.54, 1.807) is 0 Å². The number of aryl methyl sites for hydroxylation is 2. The maximum Gasteiger partial charge on any atom is 0.198 e. The zero-order chi connectivity index (χ0) is 11.5. The number of carbonyl (C=O) groups excluding carboxylic acids is 1. The van der Waals surface area contributed by atoms with E-state index in [1.807, 2.05) is 13.8 Å². The first kappa shape index (κ1) is 11.3. The van der Waals surface area contributed by atoms with E-state index in [-0.39, 0.29) is 5.78 Å². The van der Waals surface area contributed by atoms with Gasteiger partial charge in [-0.05, 0) is 45.7 Å². The van der Waals surface area contributed by atoms with E-state index < -0.39 is 0 Å². The summed E-state index contributed by atoms with van der Waals surface area (Å²) < 4.78 is 0. The number of Topliss-reactive ketones (excluding diaryl/α,β-unsaturated/α-hetero) is 1. The highest BCUT2D eigenvalue weighted by molar-refractivity contribution is 5.92. The molecule has 0 atom stereocenters. The molecule has 0 amide bonds. The van der Waals surface area contributed by atoms with Crippen LogP contribution in [0.1, 0.15) is 41.3 Å². The third-order valence-corrected chi connectivity index (χ3v) is 3.33. The van der Waals surface area contributed by atoms with E-state index in [0.717, 1.165) is 37.3 Å². The molecule has 2 rings (SSSR count). The van der Waals surface area contributed by atoms with Crippen LogP contribution in [0.25, 0.3) is 0 Å². The molecule has 1 saturated heterocycles. The molecule has 1 aliphatic heterocycles. The summed E-state index contributed by atoms with van der Waals surface area (Å²) in [5, 5.41) is 3.31. The van der Waals surface area contributed by atoms with Gasteiger partial charge in [-0.2, -0.15) is 0 Å². The molecule has 0 aliphatic carbocycles. The van der Waals surface area contributed by atoms with Gasteiger partial charge in [-0.1, -0.05) is 0 Å².